The van der Waals surface area contributed by atoms with E-state index in [1.54, 1.807) is 0 Å². The average Bonchev–Trinajstić information content (AvgIpc) is 2.80. The van der Waals surface area contributed by atoms with Crippen LogP contribution in [0.2, 0.25) is 0 Å². The van der Waals surface area contributed by atoms with Crippen LogP contribution in [0.5, 0.6) is 11.5 Å². The first-order chi connectivity index (χ1) is 17.7. The van der Waals surface area contributed by atoms with Crippen molar-refractivity contribution in [3.05, 3.63) is 22.3 Å². The molecule has 3 N–H and O–H groups in total. The van der Waals surface area contributed by atoms with E-state index < -0.39 is 18.4 Å². The summed E-state index contributed by atoms with van der Waals surface area (Å²) in [4.78, 5) is 18.9. The summed E-state index contributed by atoms with van der Waals surface area (Å²) in [5, 5.41) is 25.8. The topological polar surface area (TPSA) is 104 Å². The highest BCUT2D eigenvalue weighted by Gasteiger charge is 2.34. The Morgan fingerprint density at radius 1 is 0.816 bits per heavy atom. The summed E-state index contributed by atoms with van der Waals surface area (Å²) in [6, 6.07) is 0. The second-order valence-electron chi connectivity index (χ2n) is 12.4. The van der Waals surface area contributed by atoms with Crippen LogP contribution in [0.4, 0.5) is 0 Å². The van der Waals surface area contributed by atoms with Gasteiger partial charge in [0.15, 0.2) is 0 Å². The van der Waals surface area contributed by atoms with Crippen molar-refractivity contribution in [3.63, 3.8) is 0 Å². The maximum absolute atomic E-state index is 10.4. The van der Waals surface area contributed by atoms with Gasteiger partial charge in [0.1, 0.15) is 23.5 Å². The summed E-state index contributed by atoms with van der Waals surface area (Å²) < 4.78 is 6.60. The fraction of sp³-hybridized carbons (Fsp3) is 0.750. The van der Waals surface area contributed by atoms with E-state index in [4.69, 9.17) is 14.9 Å². The summed E-state index contributed by atoms with van der Waals surface area (Å²) in [5.74, 6) is 1.41. The quantitative estimate of drug-likeness (QED) is 0.207. The molecule has 1 heterocycles. The second kappa shape index (κ2) is 16.0. The van der Waals surface area contributed by atoms with Gasteiger partial charge >= 0.3 is 11.9 Å². The zero-order valence-electron chi connectivity index (χ0n) is 25.3. The highest BCUT2D eigenvalue weighted by Crippen LogP contribution is 2.44. The second-order valence-corrected chi connectivity index (χ2v) is 12.4. The zero-order chi connectivity index (χ0) is 29.0. The van der Waals surface area contributed by atoms with Gasteiger partial charge < -0.3 is 20.1 Å². The van der Waals surface area contributed by atoms with E-state index in [-0.39, 0.29) is 5.60 Å². The van der Waals surface area contributed by atoms with Crippen molar-refractivity contribution in [1.29, 1.82) is 0 Å². The maximum atomic E-state index is 10.4. The van der Waals surface area contributed by atoms with E-state index in [1.165, 1.54) is 56.9 Å². The van der Waals surface area contributed by atoms with Crippen LogP contribution in [-0.2, 0) is 16.0 Å². The molecule has 2 rings (SSSR count). The lowest BCUT2D eigenvalue weighted by atomic mass is 9.84. The lowest BCUT2D eigenvalue weighted by molar-refractivity contribution is -0.147. The summed E-state index contributed by atoms with van der Waals surface area (Å²) in [7, 11) is 0. The predicted octanol–water partition coefficient (Wildman–Crippen LogP) is 8.39. The van der Waals surface area contributed by atoms with Crippen LogP contribution in [0, 0.1) is 38.5 Å². The molecule has 0 fully saturated rings. The number of carboxylic acids is 2. The molecular formula is C32H54O6. The van der Waals surface area contributed by atoms with E-state index in [1.807, 2.05) is 13.8 Å². The molecule has 1 aromatic rings. The summed E-state index contributed by atoms with van der Waals surface area (Å²) in [5.41, 5.74) is 4.23. The van der Waals surface area contributed by atoms with E-state index >= 15 is 0 Å². The Bertz CT molecular complexity index is 894. The molecule has 1 aliphatic rings. The van der Waals surface area contributed by atoms with Gasteiger partial charge in [0.05, 0.1) is 0 Å². The van der Waals surface area contributed by atoms with Gasteiger partial charge in [0, 0.05) is 5.56 Å². The van der Waals surface area contributed by atoms with Crippen LogP contribution in [-0.4, -0.2) is 32.9 Å². The highest BCUT2D eigenvalue weighted by atomic mass is 16.5. The fourth-order valence-electron chi connectivity index (χ4n) is 5.40. The van der Waals surface area contributed by atoms with Gasteiger partial charge in [-0.25, -0.2) is 0 Å². The Morgan fingerprint density at radius 2 is 1.32 bits per heavy atom. The summed E-state index contributed by atoms with van der Waals surface area (Å²) in [6.07, 6.45) is 13.2. The Hall–Kier alpha value is -2.24. The molecule has 0 aliphatic carbocycles. The normalized spacial score (nSPS) is 18.1. The molecule has 0 bridgehead atoms. The van der Waals surface area contributed by atoms with Gasteiger partial charge in [-0.3, -0.25) is 9.59 Å². The van der Waals surface area contributed by atoms with Gasteiger partial charge in [-0.2, -0.15) is 0 Å². The average molecular weight is 535 g/mol. The molecule has 6 nitrogen and oxygen atoms in total. The number of carboxylic acid groups (broad SMARTS) is 2. The first-order valence-corrected chi connectivity index (χ1v) is 14.6. The largest absolute Gasteiger partial charge is 0.507 e. The number of aromatic hydroxyl groups is 1. The minimum absolute atomic E-state index is 0.0712. The number of phenolic OH excluding ortho intramolecular Hbond substituents is 1. The Labute approximate surface area is 231 Å². The molecule has 3 atom stereocenters. The van der Waals surface area contributed by atoms with E-state index in [0.29, 0.717) is 5.75 Å². The minimum atomic E-state index is -1.31. The van der Waals surface area contributed by atoms with Crippen molar-refractivity contribution in [2.45, 2.75) is 138 Å². The smallest absolute Gasteiger partial charge is 0.314 e. The lowest BCUT2D eigenvalue weighted by Gasteiger charge is -2.38. The first kappa shape index (κ1) is 33.8. The van der Waals surface area contributed by atoms with E-state index in [2.05, 4.69) is 41.5 Å². The molecule has 0 radical (unpaired) electrons. The van der Waals surface area contributed by atoms with Crippen LogP contribution < -0.4 is 4.74 Å². The van der Waals surface area contributed by atoms with Crippen LogP contribution in [0.3, 0.4) is 0 Å². The van der Waals surface area contributed by atoms with Crippen molar-refractivity contribution in [3.8, 4) is 11.5 Å². The molecule has 1 aliphatic heterocycles. The van der Waals surface area contributed by atoms with Crippen molar-refractivity contribution < 1.29 is 29.6 Å². The molecule has 2 unspecified atom stereocenters. The Balaban J connectivity index is 0.000000905. The monoisotopic (exact) mass is 534 g/mol. The number of hydrogen-bond acceptors (Lipinski definition) is 4. The molecule has 1 aromatic carbocycles. The zero-order valence-corrected chi connectivity index (χ0v) is 25.3. The molecule has 0 spiro atoms. The van der Waals surface area contributed by atoms with Crippen LogP contribution in [0.15, 0.2) is 0 Å². The van der Waals surface area contributed by atoms with Crippen LogP contribution in [0.25, 0.3) is 0 Å². The van der Waals surface area contributed by atoms with Gasteiger partial charge in [0.2, 0.25) is 0 Å². The van der Waals surface area contributed by atoms with Crippen LogP contribution in [0.1, 0.15) is 128 Å². The number of aliphatic carboxylic acids is 2. The van der Waals surface area contributed by atoms with Crippen molar-refractivity contribution >= 4 is 11.9 Å². The van der Waals surface area contributed by atoms with E-state index in [0.717, 1.165) is 59.5 Å². The number of hydrogen-bond donors (Lipinski definition) is 3. The molecule has 0 amide bonds. The van der Waals surface area contributed by atoms with Gasteiger partial charge in [-0.15, -0.1) is 0 Å². The SMILES string of the molecule is Cc1c(C)c2c(c(C)c1O)CC[C@@](C)(CCCC(C)CCCC(C)CCCC(C)C)O2.O=C(O)CC(=O)O. The third kappa shape index (κ3) is 11.7. The summed E-state index contributed by atoms with van der Waals surface area (Å²) >= 11 is 0. The highest BCUT2D eigenvalue weighted by molar-refractivity contribution is 5.88. The number of benzene rings is 1. The molecule has 0 aromatic heterocycles. The third-order valence-electron chi connectivity index (χ3n) is 8.17. The number of rotatable bonds is 14. The maximum Gasteiger partial charge on any atom is 0.314 e. The number of phenols is 1. The Kier molecular flexibility index (Phi) is 14.2. The molecule has 6 heteroatoms. The van der Waals surface area contributed by atoms with E-state index in [9.17, 15) is 14.7 Å². The van der Waals surface area contributed by atoms with Crippen LogP contribution >= 0.6 is 0 Å². The van der Waals surface area contributed by atoms with Crippen molar-refractivity contribution in [2.24, 2.45) is 17.8 Å². The van der Waals surface area contributed by atoms with Gasteiger partial charge in [0.25, 0.3) is 0 Å². The Morgan fingerprint density at radius 3 is 1.79 bits per heavy atom. The van der Waals surface area contributed by atoms with Gasteiger partial charge in [-0.05, 0) is 87.8 Å². The number of ether oxygens (including phenoxy) is 1. The number of fused-ring (bicyclic) bond motifs is 1. The summed E-state index contributed by atoms with van der Waals surface area (Å²) in [6.45, 7) is 17.9. The third-order valence-corrected chi connectivity index (χ3v) is 8.17. The molecule has 0 saturated carbocycles. The molecule has 38 heavy (non-hydrogen) atoms. The lowest BCUT2D eigenvalue weighted by Crippen LogP contribution is -2.37. The minimum Gasteiger partial charge on any atom is -0.507 e. The predicted molar refractivity (Wildman–Crippen MR) is 154 cm³/mol. The molecule has 0 saturated heterocycles. The van der Waals surface area contributed by atoms with Crippen molar-refractivity contribution in [2.75, 3.05) is 0 Å². The number of carbonyl (C=O) groups is 2. The molecular weight excluding hydrogens is 480 g/mol. The van der Waals surface area contributed by atoms with Crippen molar-refractivity contribution in [1.82, 2.24) is 0 Å². The standard InChI is InChI=1S/C29H50O2.C3H4O4/c1-20(2)12-9-13-21(3)14-10-15-22(4)16-11-18-29(8)19-17-26-25(7)27(30)23(5)24(6)28(26)31-29;4-2(5)1-3(6)7/h20-22,30H,9-19H2,1-8H3;1H2,(H,4,5)(H,6,7)/t21?,22?,29-;/m1./s1. The molecule has 218 valence electrons. The fourth-order valence-corrected chi connectivity index (χ4v) is 5.40. The first-order valence-electron chi connectivity index (χ1n) is 14.6. The van der Waals surface area contributed by atoms with Gasteiger partial charge in [-0.1, -0.05) is 72.6 Å².